The van der Waals surface area contributed by atoms with Gasteiger partial charge in [-0.15, -0.1) is 0 Å². The summed E-state index contributed by atoms with van der Waals surface area (Å²) in [6.07, 6.45) is 6.41. The standard InChI is InChI=1S/C24H34N2/c1-2-3-17-25-18-15-24(16-19-25)26(21-23-12-8-5-9-13-23)20-14-22-10-6-4-7-11-22/h4-13,24H,2-3,14-21H2,1H3. The summed E-state index contributed by atoms with van der Waals surface area (Å²) in [5.74, 6) is 0. The van der Waals surface area contributed by atoms with Crippen LogP contribution in [0.2, 0.25) is 0 Å². The third-order valence-electron chi connectivity index (χ3n) is 5.66. The Kier molecular flexibility index (Phi) is 7.72. The first-order valence-electron chi connectivity index (χ1n) is 10.4. The monoisotopic (exact) mass is 350 g/mol. The first kappa shape index (κ1) is 19.1. The highest BCUT2D eigenvalue weighted by Gasteiger charge is 2.24. The van der Waals surface area contributed by atoms with E-state index in [4.69, 9.17) is 0 Å². The zero-order chi connectivity index (χ0) is 18.0. The lowest BCUT2D eigenvalue weighted by molar-refractivity contribution is 0.102. The lowest BCUT2D eigenvalue weighted by Crippen LogP contribution is -2.45. The molecule has 1 fully saturated rings. The maximum absolute atomic E-state index is 2.74. The van der Waals surface area contributed by atoms with Crippen LogP contribution in [0.1, 0.15) is 43.7 Å². The zero-order valence-electron chi connectivity index (χ0n) is 16.3. The Morgan fingerprint density at radius 3 is 2.12 bits per heavy atom. The topological polar surface area (TPSA) is 6.48 Å². The predicted octanol–water partition coefficient (Wildman–Crippen LogP) is 5.00. The smallest absolute Gasteiger partial charge is 0.0236 e. The van der Waals surface area contributed by atoms with Gasteiger partial charge >= 0.3 is 0 Å². The van der Waals surface area contributed by atoms with E-state index in [9.17, 15) is 0 Å². The summed E-state index contributed by atoms with van der Waals surface area (Å²) in [5.41, 5.74) is 2.89. The number of hydrogen-bond donors (Lipinski definition) is 0. The van der Waals surface area contributed by atoms with Crippen LogP contribution in [-0.4, -0.2) is 42.0 Å². The van der Waals surface area contributed by atoms with Gasteiger partial charge in [-0.25, -0.2) is 0 Å². The molecule has 140 valence electrons. The number of hydrogen-bond acceptors (Lipinski definition) is 2. The normalized spacial score (nSPS) is 16.2. The van der Waals surface area contributed by atoms with Gasteiger partial charge < -0.3 is 4.90 Å². The summed E-state index contributed by atoms with van der Waals surface area (Å²) in [7, 11) is 0. The summed E-state index contributed by atoms with van der Waals surface area (Å²) in [5, 5.41) is 0. The number of benzene rings is 2. The fraction of sp³-hybridized carbons (Fsp3) is 0.500. The molecule has 0 N–H and O–H groups in total. The number of piperidine rings is 1. The van der Waals surface area contributed by atoms with E-state index >= 15 is 0 Å². The molecule has 1 heterocycles. The molecule has 0 aliphatic carbocycles. The van der Waals surface area contributed by atoms with Crippen molar-refractivity contribution in [2.24, 2.45) is 0 Å². The molecular weight excluding hydrogens is 316 g/mol. The van der Waals surface area contributed by atoms with Crippen molar-refractivity contribution >= 4 is 0 Å². The van der Waals surface area contributed by atoms with E-state index in [0.29, 0.717) is 0 Å². The summed E-state index contributed by atoms with van der Waals surface area (Å²) < 4.78 is 0. The molecule has 2 nitrogen and oxygen atoms in total. The molecule has 0 atom stereocenters. The highest BCUT2D eigenvalue weighted by Crippen LogP contribution is 2.20. The summed E-state index contributed by atoms with van der Waals surface area (Å²) in [6.45, 7) is 8.33. The minimum atomic E-state index is 0.719. The Morgan fingerprint density at radius 2 is 1.50 bits per heavy atom. The van der Waals surface area contributed by atoms with E-state index in [-0.39, 0.29) is 0 Å². The summed E-state index contributed by atoms with van der Waals surface area (Å²) >= 11 is 0. The fourth-order valence-electron chi connectivity index (χ4n) is 4.02. The molecule has 0 amide bonds. The van der Waals surface area contributed by atoms with Gasteiger partial charge in [0.1, 0.15) is 0 Å². The third kappa shape index (κ3) is 5.96. The predicted molar refractivity (Wildman–Crippen MR) is 111 cm³/mol. The second-order valence-corrected chi connectivity index (χ2v) is 7.62. The average molecular weight is 351 g/mol. The Labute approximate surface area is 159 Å². The van der Waals surface area contributed by atoms with Crippen LogP contribution in [0.3, 0.4) is 0 Å². The first-order valence-corrected chi connectivity index (χ1v) is 10.4. The average Bonchev–Trinajstić information content (AvgIpc) is 2.71. The molecule has 0 unspecified atom stereocenters. The van der Waals surface area contributed by atoms with E-state index in [1.54, 1.807) is 0 Å². The van der Waals surface area contributed by atoms with Crippen LogP contribution in [-0.2, 0) is 13.0 Å². The highest BCUT2D eigenvalue weighted by molar-refractivity contribution is 5.16. The second kappa shape index (κ2) is 10.5. The van der Waals surface area contributed by atoms with Crippen molar-refractivity contribution in [2.45, 2.75) is 51.6 Å². The van der Waals surface area contributed by atoms with Gasteiger partial charge in [0, 0.05) is 19.1 Å². The van der Waals surface area contributed by atoms with Crippen molar-refractivity contribution in [1.29, 1.82) is 0 Å². The van der Waals surface area contributed by atoms with E-state index < -0.39 is 0 Å². The number of nitrogens with zero attached hydrogens (tertiary/aromatic N) is 2. The second-order valence-electron chi connectivity index (χ2n) is 7.62. The molecule has 0 saturated carbocycles. The van der Waals surface area contributed by atoms with E-state index in [2.05, 4.69) is 77.4 Å². The van der Waals surface area contributed by atoms with Crippen molar-refractivity contribution < 1.29 is 0 Å². The SMILES string of the molecule is CCCCN1CCC(N(CCc2ccccc2)Cc2ccccc2)CC1. The molecule has 3 rings (SSSR count). The molecule has 0 radical (unpaired) electrons. The molecule has 0 aromatic heterocycles. The van der Waals surface area contributed by atoms with Crippen LogP contribution in [0, 0.1) is 0 Å². The molecule has 0 spiro atoms. The summed E-state index contributed by atoms with van der Waals surface area (Å²) in [4.78, 5) is 5.40. The van der Waals surface area contributed by atoms with Crippen molar-refractivity contribution in [3.05, 3.63) is 71.8 Å². The van der Waals surface area contributed by atoms with E-state index in [1.807, 2.05) is 0 Å². The highest BCUT2D eigenvalue weighted by atomic mass is 15.2. The Morgan fingerprint density at radius 1 is 0.885 bits per heavy atom. The summed E-state index contributed by atoms with van der Waals surface area (Å²) in [6, 6.07) is 22.6. The van der Waals surface area contributed by atoms with Gasteiger partial charge in [-0.3, -0.25) is 4.90 Å². The van der Waals surface area contributed by atoms with Gasteiger partial charge in [0.2, 0.25) is 0 Å². The number of rotatable bonds is 9. The molecule has 0 bridgehead atoms. The first-order chi connectivity index (χ1) is 12.8. The van der Waals surface area contributed by atoms with Gasteiger partial charge in [-0.2, -0.15) is 0 Å². The van der Waals surface area contributed by atoms with Gasteiger partial charge in [-0.1, -0.05) is 74.0 Å². The molecule has 1 aliphatic rings. The molecule has 2 heteroatoms. The molecule has 1 aliphatic heterocycles. The van der Waals surface area contributed by atoms with Crippen LogP contribution in [0.4, 0.5) is 0 Å². The van der Waals surface area contributed by atoms with Gasteiger partial charge in [0.05, 0.1) is 0 Å². The largest absolute Gasteiger partial charge is 0.303 e. The molecule has 2 aromatic rings. The molecule has 26 heavy (non-hydrogen) atoms. The number of unbranched alkanes of at least 4 members (excludes halogenated alkanes) is 1. The number of likely N-dealkylation sites (tertiary alicyclic amines) is 1. The van der Waals surface area contributed by atoms with Crippen LogP contribution in [0.15, 0.2) is 60.7 Å². The lowest BCUT2D eigenvalue weighted by Gasteiger charge is -2.39. The zero-order valence-corrected chi connectivity index (χ0v) is 16.3. The van der Waals surface area contributed by atoms with Crippen LogP contribution >= 0.6 is 0 Å². The third-order valence-corrected chi connectivity index (χ3v) is 5.66. The van der Waals surface area contributed by atoms with Gasteiger partial charge in [-0.05, 0) is 56.4 Å². The Bertz CT molecular complexity index is 603. The van der Waals surface area contributed by atoms with Crippen molar-refractivity contribution in [3.8, 4) is 0 Å². The Balaban J connectivity index is 1.59. The van der Waals surface area contributed by atoms with Gasteiger partial charge in [0.25, 0.3) is 0 Å². The van der Waals surface area contributed by atoms with Gasteiger partial charge in [0.15, 0.2) is 0 Å². The molecule has 1 saturated heterocycles. The maximum Gasteiger partial charge on any atom is 0.0236 e. The quantitative estimate of drug-likeness (QED) is 0.628. The minimum Gasteiger partial charge on any atom is -0.303 e. The minimum absolute atomic E-state index is 0.719. The van der Waals surface area contributed by atoms with Crippen molar-refractivity contribution in [2.75, 3.05) is 26.2 Å². The maximum atomic E-state index is 2.74. The molecule has 2 aromatic carbocycles. The fourth-order valence-corrected chi connectivity index (χ4v) is 4.02. The van der Waals surface area contributed by atoms with Crippen LogP contribution in [0.5, 0.6) is 0 Å². The van der Waals surface area contributed by atoms with E-state index in [1.165, 1.54) is 56.4 Å². The van der Waals surface area contributed by atoms with Crippen molar-refractivity contribution in [3.63, 3.8) is 0 Å². The van der Waals surface area contributed by atoms with Crippen molar-refractivity contribution in [1.82, 2.24) is 9.80 Å². The Hall–Kier alpha value is -1.64. The lowest BCUT2D eigenvalue weighted by atomic mass is 10.0. The molecular formula is C24H34N2. The van der Waals surface area contributed by atoms with E-state index in [0.717, 1.165) is 25.6 Å². The van der Waals surface area contributed by atoms with Crippen LogP contribution in [0.25, 0.3) is 0 Å². The van der Waals surface area contributed by atoms with Crippen LogP contribution < -0.4 is 0 Å².